The van der Waals surface area contributed by atoms with E-state index < -0.39 is 5.54 Å². The molecule has 1 fully saturated rings. The lowest BCUT2D eigenvalue weighted by molar-refractivity contribution is 0.186. The first-order chi connectivity index (χ1) is 14.8. The summed E-state index contributed by atoms with van der Waals surface area (Å²) in [4.78, 5) is 20.0. The van der Waals surface area contributed by atoms with Crippen molar-refractivity contribution in [2.24, 2.45) is 4.99 Å². The van der Waals surface area contributed by atoms with Crippen molar-refractivity contribution in [2.75, 3.05) is 36.1 Å². The molecule has 164 valence electrons. The monoisotopic (exact) mass is 421 g/mol. The Bertz CT molecular complexity index is 997. The van der Waals surface area contributed by atoms with Gasteiger partial charge < -0.3 is 25.6 Å². The van der Waals surface area contributed by atoms with Crippen LogP contribution in [0.3, 0.4) is 0 Å². The molecule has 1 atom stereocenters. The van der Waals surface area contributed by atoms with Gasteiger partial charge in [-0.2, -0.15) is 0 Å². The number of piperidine rings is 1. The number of rotatable bonds is 2. The standard InChI is InChI=1S/C24H31N5O2/c1-23(2,3)28-21-24(27-20-12-6-5-11-19(20)26-21)13-8-14-29(16-24)22(30)25-17-9-7-10-18(15-17)31-4/h5-7,9-12,15,27H,8,13-14,16H2,1-4H3,(H,25,30)(H,26,28)/t24-/m0/s1. The highest BCUT2D eigenvalue weighted by molar-refractivity contribution is 6.10. The van der Waals surface area contributed by atoms with Crippen molar-refractivity contribution in [1.29, 1.82) is 0 Å². The van der Waals surface area contributed by atoms with E-state index in [1.165, 1.54) is 0 Å². The van der Waals surface area contributed by atoms with Gasteiger partial charge >= 0.3 is 6.03 Å². The number of para-hydroxylation sites is 2. The van der Waals surface area contributed by atoms with Gasteiger partial charge in [-0.15, -0.1) is 0 Å². The van der Waals surface area contributed by atoms with Gasteiger partial charge in [0.05, 0.1) is 30.6 Å². The number of hydrogen-bond donors (Lipinski definition) is 3. The van der Waals surface area contributed by atoms with Gasteiger partial charge in [0, 0.05) is 18.3 Å². The number of amides is 2. The molecule has 0 bridgehead atoms. The Balaban J connectivity index is 1.60. The zero-order valence-corrected chi connectivity index (χ0v) is 18.7. The van der Waals surface area contributed by atoms with Crippen LogP contribution in [0.25, 0.3) is 0 Å². The number of anilines is 3. The summed E-state index contributed by atoms with van der Waals surface area (Å²) in [7, 11) is 1.62. The predicted molar refractivity (Wildman–Crippen MR) is 126 cm³/mol. The molecule has 31 heavy (non-hydrogen) atoms. The second kappa shape index (κ2) is 8.13. The number of nitrogens with one attached hydrogen (secondary N) is 3. The topological polar surface area (TPSA) is 78.0 Å². The highest BCUT2D eigenvalue weighted by atomic mass is 16.5. The largest absolute Gasteiger partial charge is 0.497 e. The van der Waals surface area contributed by atoms with Crippen molar-refractivity contribution < 1.29 is 9.53 Å². The fraction of sp³-hybridized carbons (Fsp3) is 0.417. The second-order valence-corrected chi connectivity index (χ2v) is 9.20. The molecule has 0 aliphatic carbocycles. The first kappa shape index (κ1) is 21.0. The van der Waals surface area contributed by atoms with E-state index in [9.17, 15) is 4.79 Å². The minimum Gasteiger partial charge on any atom is -0.497 e. The van der Waals surface area contributed by atoms with Crippen molar-refractivity contribution in [3.05, 3.63) is 48.5 Å². The number of methoxy groups -OCH3 is 1. The minimum absolute atomic E-state index is 0.122. The van der Waals surface area contributed by atoms with E-state index in [-0.39, 0.29) is 11.6 Å². The lowest BCUT2D eigenvalue weighted by Gasteiger charge is -2.47. The van der Waals surface area contributed by atoms with Crippen molar-refractivity contribution in [3.8, 4) is 5.75 Å². The molecule has 2 amide bonds. The molecule has 2 aromatic carbocycles. The average Bonchev–Trinajstić information content (AvgIpc) is 2.73. The average molecular weight is 422 g/mol. The van der Waals surface area contributed by atoms with Crippen LogP contribution in [0.2, 0.25) is 0 Å². The van der Waals surface area contributed by atoms with Gasteiger partial charge in [-0.3, -0.25) is 4.99 Å². The Morgan fingerprint density at radius 3 is 2.68 bits per heavy atom. The van der Waals surface area contributed by atoms with E-state index in [4.69, 9.17) is 9.73 Å². The number of benzene rings is 2. The number of amidine groups is 1. The van der Waals surface area contributed by atoms with Crippen molar-refractivity contribution in [1.82, 2.24) is 4.90 Å². The van der Waals surface area contributed by atoms with Gasteiger partial charge in [-0.1, -0.05) is 18.2 Å². The molecule has 3 N–H and O–H groups in total. The van der Waals surface area contributed by atoms with Crippen LogP contribution in [0.4, 0.5) is 21.9 Å². The molecule has 1 saturated heterocycles. The van der Waals surface area contributed by atoms with Crippen LogP contribution >= 0.6 is 0 Å². The third-order valence-electron chi connectivity index (χ3n) is 5.56. The molecule has 0 unspecified atom stereocenters. The van der Waals surface area contributed by atoms with E-state index in [0.29, 0.717) is 24.5 Å². The van der Waals surface area contributed by atoms with Crippen molar-refractivity contribution >= 4 is 28.9 Å². The SMILES string of the molecule is COc1cccc(NC(=O)N2CCC[C@@]3(C2)Nc2ccccc2NC3=NC(C)(C)C)c1. The summed E-state index contributed by atoms with van der Waals surface area (Å²) in [5.41, 5.74) is 2.06. The Labute approximate surface area is 183 Å². The fourth-order valence-corrected chi connectivity index (χ4v) is 4.16. The molecule has 2 heterocycles. The van der Waals surface area contributed by atoms with Crippen molar-refractivity contribution in [2.45, 2.75) is 44.7 Å². The molecule has 0 radical (unpaired) electrons. The maximum atomic E-state index is 13.1. The molecular weight excluding hydrogens is 390 g/mol. The summed E-state index contributed by atoms with van der Waals surface area (Å²) in [6.45, 7) is 7.49. The number of likely N-dealkylation sites (tertiary alicyclic amines) is 1. The van der Waals surface area contributed by atoms with Crippen LogP contribution in [0.15, 0.2) is 53.5 Å². The zero-order chi connectivity index (χ0) is 22.1. The van der Waals surface area contributed by atoms with E-state index in [1.54, 1.807) is 7.11 Å². The van der Waals surface area contributed by atoms with Crippen LogP contribution < -0.4 is 20.7 Å². The van der Waals surface area contributed by atoms with Crippen LogP contribution in [0.5, 0.6) is 5.75 Å². The molecule has 0 aromatic heterocycles. The van der Waals surface area contributed by atoms with Gasteiger partial charge in [0.25, 0.3) is 0 Å². The second-order valence-electron chi connectivity index (χ2n) is 9.20. The van der Waals surface area contributed by atoms with Crippen LogP contribution in [-0.2, 0) is 0 Å². The Hall–Kier alpha value is -3.22. The summed E-state index contributed by atoms with van der Waals surface area (Å²) in [6, 6.07) is 15.4. The molecule has 2 aromatic rings. The highest BCUT2D eigenvalue weighted by Crippen LogP contribution is 2.37. The summed E-state index contributed by atoms with van der Waals surface area (Å²) in [5, 5.41) is 10.3. The molecule has 1 spiro atoms. The number of ether oxygens (including phenoxy) is 1. The Morgan fingerprint density at radius 2 is 1.94 bits per heavy atom. The number of nitrogens with zero attached hydrogens (tertiary/aromatic N) is 2. The van der Waals surface area contributed by atoms with E-state index in [0.717, 1.165) is 30.1 Å². The summed E-state index contributed by atoms with van der Waals surface area (Å²) in [6.07, 6.45) is 1.78. The van der Waals surface area contributed by atoms with Crippen LogP contribution in [-0.4, -0.2) is 48.0 Å². The van der Waals surface area contributed by atoms with Crippen LogP contribution in [0, 0.1) is 0 Å². The highest BCUT2D eigenvalue weighted by Gasteiger charge is 2.45. The molecule has 7 heteroatoms. The van der Waals surface area contributed by atoms with Gasteiger partial charge in [0.15, 0.2) is 0 Å². The normalized spacial score (nSPS) is 21.8. The smallest absolute Gasteiger partial charge is 0.321 e. The predicted octanol–water partition coefficient (Wildman–Crippen LogP) is 4.80. The molecule has 2 aliphatic heterocycles. The van der Waals surface area contributed by atoms with Gasteiger partial charge in [0.2, 0.25) is 0 Å². The lowest BCUT2D eigenvalue weighted by Crippen LogP contribution is -2.63. The summed E-state index contributed by atoms with van der Waals surface area (Å²) in [5.74, 6) is 1.60. The third kappa shape index (κ3) is 4.60. The van der Waals surface area contributed by atoms with E-state index >= 15 is 0 Å². The van der Waals surface area contributed by atoms with E-state index in [2.05, 4.69) is 42.8 Å². The molecule has 7 nitrogen and oxygen atoms in total. The molecule has 0 saturated carbocycles. The number of carbonyl (C=O) groups is 1. The van der Waals surface area contributed by atoms with Crippen molar-refractivity contribution in [3.63, 3.8) is 0 Å². The Kier molecular flexibility index (Phi) is 5.52. The van der Waals surface area contributed by atoms with Gasteiger partial charge in [0.1, 0.15) is 17.1 Å². The first-order valence-corrected chi connectivity index (χ1v) is 10.7. The van der Waals surface area contributed by atoms with E-state index in [1.807, 2.05) is 47.4 Å². The first-order valence-electron chi connectivity index (χ1n) is 10.7. The number of hydrogen-bond acceptors (Lipinski definition) is 4. The maximum Gasteiger partial charge on any atom is 0.321 e. The molecule has 4 rings (SSSR count). The number of aliphatic imine (C=N–C) groups is 1. The quantitative estimate of drug-likeness (QED) is 0.651. The third-order valence-corrected chi connectivity index (χ3v) is 5.56. The summed E-state index contributed by atoms with van der Waals surface area (Å²) >= 11 is 0. The Morgan fingerprint density at radius 1 is 1.16 bits per heavy atom. The zero-order valence-electron chi connectivity index (χ0n) is 18.7. The van der Waals surface area contributed by atoms with Crippen LogP contribution in [0.1, 0.15) is 33.6 Å². The minimum atomic E-state index is -0.453. The maximum absolute atomic E-state index is 13.1. The number of fused-ring (bicyclic) bond motifs is 1. The van der Waals surface area contributed by atoms with Gasteiger partial charge in [-0.25, -0.2) is 4.79 Å². The molecule has 2 aliphatic rings. The molecular formula is C24H31N5O2. The number of carbonyl (C=O) groups excluding carboxylic acids is 1. The summed E-state index contributed by atoms with van der Waals surface area (Å²) < 4.78 is 5.27. The number of urea groups is 1. The lowest BCUT2D eigenvalue weighted by atomic mass is 9.85. The van der Waals surface area contributed by atoms with Gasteiger partial charge in [-0.05, 0) is 57.9 Å². The fourth-order valence-electron chi connectivity index (χ4n) is 4.16.